The summed E-state index contributed by atoms with van der Waals surface area (Å²) in [7, 11) is 0. The molecule has 0 radical (unpaired) electrons. The number of hydrogen-bond donors (Lipinski definition) is 1. The largest absolute Gasteiger partial charge is 0.345 e. The topological polar surface area (TPSA) is 73.2 Å². The molecule has 5 nitrogen and oxygen atoms in total. The van der Waals surface area contributed by atoms with Crippen molar-refractivity contribution in [2.24, 2.45) is 5.92 Å². The number of likely N-dealkylation sites (tertiary alicyclic amines) is 1. The average molecular weight is 500 g/mol. The number of nitrogens with zero attached hydrogens (tertiary/aromatic N) is 2. The van der Waals surface area contributed by atoms with Crippen LogP contribution in [-0.4, -0.2) is 29.8 Å². The normalized spacial score (nSPS) is 14.1. The number of amides is 2. The molecule has 188 valence electrons. The Hall–Kier alpha value is -4.31. The lowest BCUT2D eigenvalue weighted by Crippen LogP contribution is -2.39. The summed E-state index contributed by atoms with van der Waals surface area (Å²) in [5, 5.41) is 11.9. The van der Waals surface area contributed by atoms with Crippen LogP contribution in [-0.2, 0) is 9.59 Å². The molecule has 1 aliphatic heterocycles. The van der Waals surface area contributed by atoms with E-state index in [1.807, 2.05) is 0 Å². The van der Waals surface area contributed by atoms with Crippen molar-refractivity contribution in [3.05, 3.63) is 113 Å². The molecular weight excluding hydrogens is 472 g/mol. The third-order valence-electron chi connectivity index (χ3n) is 6.57. The van der Waals surface area contributed by atoms with Crippen LogP contribution in [0.15, 0.2) is 78.9 Å². The Morgan fingerprint density at radius 3 is 1.97 bits per heavy atom. The van der Waals surface area contributed by atoms with Crippen molar-refractivity contribution in [2.75, 3.05) is 13.1 Å². The first-order valence-electron chi connectivity index (χ1n) is 12.2. The molecule has 0 saturated carbocycles. The minimum atomic E-state index is -0.525. The van der Waals surface area contributed by atoms with Gasteiger partial charge in [-0.05, 0) is 77.9 Å². The van der Waals surface area contributed by atoms with Gasteiger partial charge in [-0.3, -0.25) is 9.59 Å². The number of carbonyl (C=O) groups excluding carboxylic acids is 2. The van der Waals surface area contributed by atoms with Gasteiger partial charge in [0.1, 0.15) is 11.6 Å². The Morgan fingerprint density at radius 2 is 1.46 bits per heavy atom. The molecule has 4 rings (SSSR count). The lowest BCUT2D eigenvalue weighted by Gasteiger charge is -2.31. The van der Waals surface area contributed by atoms with Gasteiger partial charge in [-0.1, -0.05) is 36.4 Å². The van der Waals surface area contributed by atoms with Gasteiger partial charge in [0.25, 0.3) is 0 Å². The van der Waals surface area contributed by atoms with E-state index in [-0.39, 0.29) is 29.4 Å². The number of rotatable bonds is 7. The fourth-order valence-corrected chi connectivity index (χ4v) is 4.45. The van der Waals surface area contributed by atoms with Gasteiger partial charge in [-0.25, -0.2) is 8.78 Å². The van der Waals surface area contributed by atoms with Crippen LogP contribution in [0.25, 0.3) is 6.08 Å². The summed E-state index contributed by atoms with van der Waals surface area (Å²) in [5.74, 6) is -0.847. The van der Waals surface area contributed by atoms with Crippen LogP contribution >= 0.6 is 0 Å². The van der Waals surface area contributed by atoms with Crippen LogP contribution in [0.1, 0.15) is 47.6 Å². The molecule has 0 atom stereocenters. The number of nitriles is 1. The van der Waals surface area contributed by atoms with Gasteiger partial charge in [0.15, 0.2) is 0 Å². The fraction of sp³-hybridized carbons (Fsp3) is 0.233. The van der Waals surface area contributed by atoms with Crippen molar-refractivity contribution in [2.45, 2.75) is 25.3 Å². The Labute approximate surface area is 215 Å². The van der Waals surface area contributed by atoms with E-state index in [1.54, 1.807) is 59.5 Å². The molecule has 3 aromatic rings. The summed E-state index contributed by atoms with van der Waals surface area (Å²) >= 11 is 0. The minimum absolute atomic E-state index is 0.0834. The maximum absolute atomic E-state index is 13.4. The number of carbonyl (C=O) groups is 2. The van der Waals surface area contributed by atoms with Crippen molar-refractivity contribution in [3.63, 3.8) is 0 Å². The van der Waals surface area contributed by atoms with Gasteiger partial charge in [0.05, 0.1) is 17.7 Å². The van der Waals surface area contributed by atoms with Crippen LogP contribution < -0.4 is 5.32 Å². The summed E-state index contributed by atoms with van der Waals surface area (Å²) in [5.41, 5.74) is 2.82. The molecule has 0 unspecified atom stereocenters. The average Bonchev–Trinajstić information content (AvgIpc) is 2.92. The summed E-state index contributed by atoms with van der Waals surface area (Å²) in [6.07, 6.45) is 4.99. The SMILES string of the molecule is N#Cc1ccc(/C=C/C(=O)N2CCC(CC(=O)NC(c3ccc(F)cc3)c3ccc(F)cc3)CC2)cc1. The second kappa shape index (κ2) is 12.1. The van der Waals surface area contributed by atoms with Crippen molar-refractivity contribution < 1.29 is 18.4 Å². The number of piperidine rings is 1. The molecule has 0 aromatic heterocycles. The predicted molar refractivity (Wildman–Crippen MR) is 137 cm³/mol. The molecule has 7 heteroatoms. The predicted octanol–water partition coefficient (Wildman–Crippen LogP) is 5.38. The molecule has 0 spiro atoms. The molecule has 1 N–H and O–H groups in total. The highest BCUT2D eigenvalue weighted by atomic mass is 19.1. The van der Waals surface area contributed by atoms with Gasteiger partial charge in [0, 0.05) is 25.6 Å². The van der Waals surface area contributed by atoms with E-state index in [4.69, 9.17) is 5.26 Å². The van der Waals surface area contributed by atoms with Gasteiger partial charge in [-0.15, -0.1) is 0 Å². The van der Waals surface area contributed by atoms with E-state index in [2.05, 4.69) is 11.4 Å². The quantitative estimate of drug-likeness (QED) is 0.444. The Kier molecular flexibility index (Phi) is 8.42. The highest BCUT2D eigenvalue weighted by molar-refractivity contribution is 5.91. The van der Waals surface area contributed by atoms with E-state index in [1.165, 1.54) is 30.3 Å². The van der Waals surface area contributed by atoms with E-state index in [0.29, 0.717) is 49.0 Å². The zero-order valence-electron chi connectivity index (χ0n) is 20.2. The van der Waals surface area contributed by atoms with E-state index < -0.39 is 6.04 Å². The molecular formula is C30H27F2N3O2. The zero-order chi connectivity index (χ0) is 26.2. The maximum Gasteiger partial charge on any atom is 0.246 e. The lowest BCUT2D eigenvalue weighted by molar-refractivity contribution is -0.127. The van der Waals surface area contributed by atoms with Crippen LogP contribution in [0.4, 0.5) is 8.78 Å². The highest BCUT2D eigenvalue weighted by Gasteiger charge is 2.25. The summed E-state index contributed by atoms with van der Waals surface area (Å²) < 4.78 is 26.9. The molecule has 1 fully saturated rings. The maximum atomic E-state index is 13.4. The van der Waals surface area contributed by atoms with Gasteiger partial charge >= 0.3 is 0 Å². The summed E-state index contributed by atoms with van der Waals surface area (Å²) in [4.78, 5) is 27.3. The van der Waals surface area contributed by atoms with Crippen LogP contribution in [0.5, 0.6) is 0 Å². The van der Waals surface area contributed by atoms with E-state index in [9.17, 15) is 18.4 Å². The van der Waals surface area contributed by atoms with Crippen molar-refractivity contribution in [1.29, 1.82) is 5.26 Å². The van der Waals surface area contributed by atoms with Crippen molar-refractivity contribution in [1.82, 2.24) is 10.2 Å². The molecule has 37 heavy (non-hydrogen) atoms. The van der Waals surface area contributed by atoms with Crippen LogP contribution in [0.3, 0.4) is 0 Å². The smallest absolute Gasteiger partial charge is 0.246 e. The van der Waals surface area contributed by atoms with Crippen LogP contribution in [0, 0.1) is 28.9 Å². The highest BCUT2D eigenvalue weighted by Crippen LogP contribution is 2.25. The summed E-state index contributed by atoms with van der Waals surface area (Å²) in [6.45, 7) is 1.13. The number of nitrogens with one attached hydrogen (secondary N) is 1. The first-order chi connectivity index (χ1) is 17.9. The Morgan fingerprint density at radius 1 is 0.919 bits per heavy atom. The second-order valence-corrected chi connectivity index (χ2v) is 9.14. The van der Waals surface area contributed by atoms with E-state index >= 15 is 0 Å². The van der Waals surface area contributed by atoms with Crippen molar-refractivity contribution in [3.8, 4) is 6.07 Å². The lowest BCUT2D eigenvalue weighted by atomic mass is 9.92. The zero-order valence-corrected chi connectivity index (χ0v) is 20.2. The summed E-state index contributed by atoms with van der Waals surface area (Å²) in [6, 6.07) is 20.3. The van der Waals surface area contributed by atoms with Gasteiger partial charge < -0.3 is 10.2 Å². The fourth-order valence-electron chi connectivity index (χ4n) is 4.45. The number of benzene rings is 3. The first-order valence-corrected chi connectivity index (χ1v) is 12.2. The monoisotopic (exact) mass is 499 g/mol. The standard InChI is InChI=1S/C30H27F2N3O2/c31-26-10-6-24(7-11-26)30(25-8-12-27(32)13-9-25)34-28(36)19-22-15-17-35(18-16-22)29(37)14-5-21-1-3-23(20-33)4-2-21/h1-14,22,30H,15-19H2,(H,34,36)/b14-5+. The number of halogens is 2. The molecule has 1 aliphatic rings. The van der Waals surface area contributed by atoms with Crippen molar-refractivity contribution >= 4 is 17.9 Å². The third-order valence-corrected chi connectivity index (χ3v) is 6.57. The molecule has 0 aliphatic carbocycles. The Bertz CT molecular complexity index is 1240. The molecule has 2 amide bonds. The van der Waals surface area contributed by atoms with Gasteiger partial charge in [0.2, 0.25) is 11.8 Å². The molecule has 3 aromatic carbocycles. The second-order valence-electron chi connectivity index (χ2n) is 9.14. The molecule has 0 bridgehead atoms. The third kappa shape index (κ3) is 7.11. The minimum Gasteiger partial charge on any atom is -0.345 e. The number of hydrogen-bond acceptors (Lipinski definition) is 3. The Balaban J connectivity index is 1.31. The van der Waals surface area contributed by atoms with E-state index in [0.717, 1.165) is 5.56 Å². The van der Waals surface area contributed by atoms with Crippen LogP contribution in [0.2, 0.25) is 0 Å². The first kappa shape index (κ1) is 25.8. The molecule has 1 saturated heterocycles. The van der Waals surface area contributed by atoms with Gasteiger partial charge in [-0.2, -0.15) is 5.26 Å². The molecule has 1 heterocycles.